The topological polar surface area (TPSA) is 61.4 Å². The minimum absolute atomic E-state index is 0.242. The zero-order chi connectivity index (χ0) is 21.3. The first-order valence-electron chi connectivity index (χ1n) is 9.06. The molecule has 156 valence electrons. The van der Waals surface area contributed by atoms with Crippen molar-refractivity contribution in [2.75, 3.05) is 18.0 Å². The summed E-state index contributed by atoms with van der Waals surface area (Å²) in [7, 11) is 0. The van der Waals surface area contributed by atoms with Crippen LogP contribution in [0.25, 0.3) is 0 Å². The van der Waals surface area contributed by atoms with E-state index in [1.807, 2.05) is 0 Å². The summed E-state index contributed by atoms with van der Waals surface area (Å²) in [6.07, 6.45) is -4.18. The van der Waals surface area contributed by atoms with Gasteiger partial charge in [-0.2, -0.15) is 13.2 Å². The number of benzene rings is 1. The Balaban J connectivity index is 1.99. The summed E-state index contributed by atoms with van der Waals surface area (Å²) in [4.78, 5) is 26.1. The molecule has 1 heterocycles. The van der Waals surface area contributed by atoms with Gasteiger partial charge in [-0.1, -0.05) is 13.8 Å². The molecular weight excluding hydrogens is 378 g/mol. The zero-order valence-electron chi connectivity index (χ0n) is 16.3. The first-order valence-corrected chi connectivity index (χ1v) is 9.06. The molecule has 9 heteroatoms. The SMILES string of the molecule is CC(C)C(=O)NC(C)(C)C(=O)NC1CCN(c2ccc(C(F)(F)F)c(F)c2)C1. The van der Waals surface area contributed by atoms with Crippen molar-refractivity contribution in [1.29, 1.82) is 0 Å². The predicted octanol–water partition coefficient (Wildman–Crippen LogP) is 3.09. The van der Waals surface area contributed by atoms with E-state index in [0.29, 0.717) is 25.2 Å². The average Bonchev–Trinajstić information content (AvgIpc) is 3.01. The maximum absolute atomic E-state index is 13.8. The number of carbonyl (C=O) groups is 2. The molecule has 1 aromatic carbocycles. The maximum Gasteiger partial charge on any atom is 0.419 e. The molecule has 5 nitrogen and oxygen atoms in total. The van der Waals surface area contributed by atoms with Crippen LogP contribution in [0, 0.1) is 11.7 Å². The highest BCUT2D eigenvalue weighted by Gasteiger charge is 2.36. The largest absolute Gasteiger partial charge is 0.419 e. The third kappa shape index (κ3) is 5.14. The van der Waals surface area contributed by atoms with E-state index in [2.05, 4.69) is 10.6 Å². The van der Waals surface area contributed by atoms with Gasteiger partial charge in [0.2, 0.25) is 11.8 Å². The minimum Gasteiger partial charge on any atom is -0.369 e. The third-order valence-electron chi connectivity index (χ3n) is 4.67. The lowest BCUT2D eigenvalue weighted by Crippen LogP contribution is -2.57. The lowest BCUT2D eigenvalue weighted by atomic mass is 10.0. The number of alkyl halides is 3. The van der Waals surface area contributed by atoms with Crippen molar-refractivity contribution in [3.05, 3.63) is 29.6 Å². The molecule has 0 spiro atoms. The molecule has 2 amide bonds. The molecule has 1 aromatic rings. The van der Waals surface area contributed by atoms with Crippen molar-refractivity contribution in [2.45, 2.75) is 51.9 Å². The van der Waals surface area contributed by atoms with Gasteiger partial charge >= 0.3 is 6.18 Å². The molecule has 0 radical (unpaired) electrons. The minimum atomic E-state index is -4.74. The first kappa shape index (κ1) is 22.0. The third-order valence-corrected chi connectivity index (χ3v) is 4.67. The van der Waals surface area contributed by atoms with Gasteiger partial charge in [0.05, 0.1) is 5.56 Å². The lowest BCUT2D eigenvalue weighted by molar-refractivity contribution is -0.140. The summed E-state index contributed by atoms with van der Waals surface area (Å²) >= 11 is 0. The molecule has 0 saturated carbocycles. The van der Waals surface area contributed by atoms with Gasteiger partial charge in [0, 0.05) is 30.7 Å². The molecule has 1 saturated heterocycles. The number of amides is 2. The maximum atomic E-state index is 13.8. The van der Waals surface area contributed by atoms with Gasteiger partial charge in [0.1, 0.15) is 11.4 Å². The highest BCUT2D eigenvalue weighted by atomic mass is 19.4. The Labute approximate surface area is 161 Å². The second kappa shape index (κ2) is 7.97. The average molecular weight is 403 g/mol. The molecule has 0 bridgehead atoms. The molecule has 1 aliphatic rings. The second-order valence-electron chi connectivity index (χ2n) is 7.84. The van der Waals surface area contributed by atoms with Gasteiger partial charge in [-0.15, -0.1) is 0 Å². The molecule has 28 heavy (non-hydrogen) atoms. The summed E-state index contributed by atoms with van der Waals surface area (Å²) < 4.78 is 51.8. The Hall–Kier alpha value is -2.32. The van der Waals surface area contributed by atoms with E-state index in [9.17, 15) is 27.2 Å². The van der Waals surface area contributed by atoms with Gasteiger partial charge in [-0.3, -0.25) is 9.59 Å². The van der Waals surface area contributed by atoms with Crippen molar-refractivity contribution in [3.63, 3.8) is 0 Å². The van der Waals surface area contributed by atoms with Crippen molar-refractivity contribution < 1.29 is 27.2 Å². The van der Waals surface area contributed by atoms with E-state index in [-0.39, 0.29) is 23.8 Å². The van der Waals surface area contributed by atoms with Crippen LogP contribution in [0.3, 0.4) is 0 Å². The highest BCUT2D eigenvalue weighted by Crippen LogP contribution is 2.33. The lowest BCUT2D eigenvalue weighted by Gasteiger charge is -2.28. The summed E-state index contributed by atoms with van der Waals surface area (Å²) in [6.45, 7) is 7.45. The van der Waals surface area contributed by atoms with Crippen LogP contribution in [0.5, 0.6) is 0 Å². The smallest absolute Gasteiger partial charge is 0.369 e. The van der Waals surface area contributed by atoms with E-state index >= 15 is 0 Å². The van der Waals surface area contributed by atoms with Crippen LogP contribution in [-0.4, -0.2) is 36.5 Å². The predicted molar refractivity (Wildman–Crippen MR) is 97.2 cm³/mol. The molecule has 1 unspecified atom stereocenters. The Morgan fingerprint density at radius 3 is 2.39 bits per heavy atom. The Bertz CT molecular complexity index is 747. The summed E-state index contributed by atoms with van der Waals surface area (Å²) in [6, 6.07) is 2.55. The standard InChI is InChI=1S/C19H25F4N3O2/c1-11(2)16(27)25-18(3,4)17(28)24-12-7-8-26(10-12)13-5-6-14(15(20)9-13)19(21,22)23/h5-6,9,11-12H,7-8,10H2,1-4H3,(H,24,28)(H,25,27). The van der Waals surface area contributed by atoms with E-state index < -0.39 is 23.1 Å². The fourth-order valence-electron chi connectivity index (χ4n) is 2.92. The molecule has 0 aromatic heterocycles. The van der Waals surface area contributed by atoms with Crippen molar-refractivity contribution in [2.24, 2.45) is 5.92 Å². The fourth-order valence-corrected chi connectivity index (χ4v) is 2.92. The van der Waals surface area contributed by atoms with Crippen molar-refractivity contribution >= 4 is 17.5 Å². The molecular formula is C19H25F4N3O2. The second-order valence-corrected chi connectivity index (χ2v) is 7.84. The Morgan fingerprint density at radius 1 is 1.21 bits per heavy atom. The quantitative estimate of drug-likeness (QED) is 0.743. The highest BCUT2D eigenvalue weighted by molar-refractivity contribution is 5.91. The number of hydrogen-bond donors (Lipinski definition) is 2. The number of carbonyl (C=O) groups excluding carboxylic acids is 2. The molecule has 1 atom stereocenters. The Kier molecular flexibility index (Phi) is 6.25. The monoisotopic (exact) mass is 403 g/mol. The van der Waals surface area contributed by atoms with E-state index in [4.69, 9.17) is 0 Å². The van der Waals surface area contributed by atoms with E-state index in [1.54, 1.807) is 32.6 Å². The van der Waals surface area contributed by atoms with Gasteiger partial charge in [0.15, 0.2) is 0 Å². The van der Waals surface area contributed by atoms with Crippen molar-refractivity contribution in [1.82, 2.24) is 10.6 Å². The van der Waals surface area contributed by atoms with Crippen LogP contribution in [0.15, 0.2) is 18.2 Å². The van der Waals surface area contributed by atoms with Gasteiger partial charge in [-0.05, 0) is 38.5 Å². The number of rotatable bonds is 5. The summed E-state index contributed by atoms with van der Waals surface area (Å²) in [5, 5.41) is 5.52. The van der Waals surface area contributed by atoms with Gasteiger partial charge < -0.3 is 15.5 Å². The molecule has 0 aliphatic carbocycles. The van der Waals surface area contributed by atoms with E-state index in [1.165, 1.54) is 6.07 Å². The summed E-state index contributed by atoms with van der Waals surface area (Å²) in [5.41, 5.74) is -2.08. The van der Waals surface area contributed by atoms with Crippen LogP contribution in [0.4, 0.5) is 23.2 Å². The number of hydrogen-bond acceptors (Lipinski definition) is 3. The van der Waals surface area contributed by atoms with Crippen LogP contribution < -0.4 is 15.5 Å². The number of nitrogens with one attached hydrogen (secondary N) is 2. The van der Waals surface area contributed by atoms with Crippen molar-refractivity contribution in [3.8, 4) is 0 Å². The van der Waals surface area contributed by atoms with Crippen LogP contribution in [0.2, 0.25) is 0 Å². The first-order chi connectivity index (χ1) is 12.8. The fraction of sp³-hybridized carbons (Fsp3) is 0.579. The number of halogens is 4. The normalized spacial score (nSPS) is 17.8. The van der Waals surface area contributed by atoms with Gasteiger partial charge in [0.25, 0.3) is 0 Å². The molecule has 2 rings (SSSR count). The number of nitrogens with zero attached hydrogens (tertiary/aromatic N) is 1. The summed E-state index contributed by atoms with van der Waals surface area (Å²) in [5.74, 6) is -2.18. The molecule has 2 N–H and O–H groups in total. The molecule has 1 fully saturated rings. The van der Waals surface area contributed by atoms with Gasteiger partial charge in [-0.25, -0.2) is 4.39 Å². The zero-order valence-corrected chi connectivity index (χ0v) is 16.3. The Morgan fingerprint density at radius 2 is 1.86 bits per heavy atom. The van der Waals surface area contributed by atoms with E-state index in [0.717, 1.165) is 12.1 Å². The number of anilines is 1. The van der Waals surface area contributed by atoms with Crippen LogP contribution in [0.1, 0.15) is 39.7 Å². The van der Waals surface area contributed by atoms with Crippen LogP contribution in [-0.2, 0) is 15.8 Å². The van der Waals surface area contributed by atoms with Crippen LogP contribution >= 0.6 is 0 Å². The molecule has 1 aliphatic heterocycles.